The summed E-state index contributed by atoms with van der Waals surface area (Å²) in [6.07, 6.45) is 0. The van der Waals surface area contributed by atoms with Gasteiger partial charge in [-0.2, -0.15) is 9.97 Å². The van der Waals surface area contributed by atoms with Gasteiger partial charge in [-0.1, -0.05) is 0 Å². The molecular weight excluding hydrogens is 174 g/mol. The van der Waals surface area contributed by atoms with E-state index in [9.17, 15) is 4.91 Å². The van der Waals surface area contributed by atoms with Crippen LogP contribution in [0.25, 0.3) is 0 Å². The second-order valence-electron chi connectivity index (χ2n) is 2.57. The summed E-state index contributed by atoms with van der Waals surface area (Å²) < 4.78 is 0. The Kier molecular flexibility index (Phi) is 2.27. The molecule has 1 rings (SSSR count). The van der Waals surface area contributed by atoms with E-state index >= 15 is 0 Å². The van der Waals surface area contributed by atoms with Gasteiger partial charge in [0.2, 0.25) is 17.5 Å². The lowest BCUT2D eigenvalue weighted by Gasteiger charge is -2.10. The Bertz CT molecular complexity index is 315. The Morgan fingerprint density at radius 2 is 2.08 bits per heavy atom. The number of hydrogen-bond donors (Lipinski definition) is 2. The van der Waals surface area contributed by atoms with Gasteiger partial charge in [-0.3, -0.25) is 0 Å². The molecular formula is C6H9N5O2. The van der Waals surface area contributed by atoms with Crippen LogP contribution in [-0.2, 0) is 0 Å². The van der Waals surface area contributed by atoms with E-state index in [1.165, 1.54) is 0 Å². The van der Waals surface area contributed by atoms with Gasteiger partial charge in [-0.15, -0.1) is 4.91 Å². The van der Waals surface area contributed by atoms with Crippen LogP contribution in [0, 0.1) is 4.91 Å². The summed E-state index contributed by atoms with van der Waals surface area (Å²) in [6, 6.07) is 0. The normalized spacial score (nSPS) is 9.69. The first-order valence-corrected chi connectivity index (χ1v) is 3.43. The van der Waals surface area contributed by atoms with Crippen molar-refractivity contribution in [1.29, 1.82) is 0 Å². The predicted octanol–water partition coefficient (Wildman–Crippen LogP) is 0.228. The summed E-state index contributed by atoms with van der Waals surface area (Å²) in [6.45, 7) is 0. The van der Waals surface area contributed by atoms with E-state index in [-0.39, 0.29) is 17.5 Å². The first-order chi connectivity index (χ1) is 6.06. The minimum absolute atomic E-state index is 0.133. The van der Waals surface area contributed by atoms with Crippen LogP contribution in [0.15, 0.2) is 5.18 Å². The second-order valence-corrected chi connectivity index (χ2v) is 2.57. The minimum Gasteiger partial charge on any atom is -0.491 e. The molecule has 7 nitrogen and oxygen atoms in total. The summed E-state index contributed by atoms with van der Waals surface area (Å²) in [4.78, 5) is 19.0. The molecule has 70 valence electrons. The van der Waals surface area contributed by atoms with Gasteiger partial charge in [0.25, 0.3) is 0 Å². The lowest BCUT2D eigenvalue weighted by atomic mass is 10.5. The van der Waals surface area contributed by atoms with Gasteiger partial charge in [-0.25, -0.2) is 0 Å². The lowest BCUT2D eigenvalue weighted by molar-refractivity contribution is 0.454. The molecule has 0 aliphatic carbocycles. The number of aromatic nitrogens is 2. The molecule has 0 aliphatic rings. The van der Waals surface area contributed by atoms with Crippen LogP contribution >= 0.6 is 0 Å². The van der Waals surface area contributed by atoms with Crippen molar-refractivity contribution in [2.75, 3.05) is 24.7 Å². The number of nitrogens with zero attached hydrogens (tertiary/aromatic N) is 4. The van der Waals surface area contributed by atoms with E-state index in [0.29, 0.717) is 0 Å². The highest BCUT2D eigenvalue weighted by Crippen LogP contribution is 2.30. The van der Waals surface area contributed by atoms with E-state index in [2.05, 4.69) is 15.1 Å². The summed E-state index contributed by atoms with van der Waals surface area (Å²) in [5.74, 6) is -0.417. The number of aromatic hydroxyl groups is 1. The Hall–Kier alpha value is -1.92. The number of nitrogen functional groups attached to an aromatic ring is 1. The van der Waals surface area contributed by atoms with Crippen molar-refractivity contribution in [3.63, 3.8) is 0 Å². The van der Waals surface area contributed by atoms with Crippen molar-refractivity contribution in [2.24, 2.45) is 5.18 Å². The average Bonchev–Trinajstić information content (AvgIpc) is 2.03. The van der Waals surface area contributed by atoms with Gasteiger partial charge in [0.1, 0.15) is 0 Å². The number of rotatable bonds is 2. The molecule has 1 aromatic rings. The Morgan fingerprint density at radius 1 is 1.46 bits per heavy atom. The summed E-state index contributed by atoms with van der Waals surface area (Å²) in [5.41, 5.74) is 5.01. The van der Waals surface area contributed by atoms with Crippen molar-refractivity contribution in [1.82, 2.24) is 9.97 Å². The zero-order valence-electron chi connectivity index (χ0n) is 7.22. The molecule has 1 heterocycles. The van der Waals surface area contributed by atoms with Gasteiger partial charge in [0.15, 0.2) is 5.82 Å². The maximum absolute atomic E-state index is 10.1. The van der Waals surface area contributed by atoms with Gasteiger partial charge in [0.05, 0.1) is 0 Å². The van der Waals surface area contributed by atoms with E-state index in [1.54, 1.807) is 19.0 Å². The van der Waals surface area contributed by atoms with E-state index < -0.39 is 5.88 Å². The molecule has 0 bridgehead atoms. The van der Waals surface area contributed by atoms with Crippen molar-refractivity contribution in [3.05, 3.63) is 4.91 Å². The van der Waals surface area contributed by atoms with Gasteiger partial charge in [0, 0.05) is 14.1 Å². The molecule has 0 radical (unpaired) electrons. The Morgan fingerprint density at radius 3 is 2.46 bits per heavy atom. The number of hydrogen-bond acceptors (Lipinski definition) is 7. The van der Waals surface area contributed by atoms with E-state index in [4.69, 9.17) is 10.8 Å². The molecule has 0 aliphatic heterocycles. The maximum Gasteiger partial charge on any atom is 0.248 e. The Labute approximate surface area is 74.2 Å². The highest BCUT2D eigenvalue weighted by Gasteiger charge is 2.12. The molecule has 7 heteroatoms. The molecule has 0 aromatic carbocycles. The molecule has 0 atom stereocenters. The number of nitroso groups, excluding NO2 is 1. The summed E-state index contributed by atoms with van der Waals surface area (Å²) in [5, 5.41) is 11.7. The first kappa shape index (κ1) is 9.17. The van der Waals surface area contributed by atoms with Crippen LogP contribution in [0.5, 0.6) is 5.88 Å². The number of anilines is 2. The van der Waals surface area contributed by atoms with Gasteiger partial charge < -0.3 is 15.7 Å². The highest BCUT2D eigenvalue weighted by molar-refractivity contribution is 5.65. The molecule has 3 N–H and O–H groups in total. The van der Waals surface area contributed by atoms with Crippen LogP contribution < -0.4 is 10.6 Å². The van der Waals surface area contributed by atoms with Crippen LogP contribution in [-0.4, -0.2) is 29.2 Å². The zero-order valence-corrected chi connectivity index (χ0v) is 7.22. The molecule has 13 heavy (non-hydrogen) atoms. The van der Waals surface area contributed by atoms with Crippen molar-refractivity contribution >= 4 is 17.5 Å². The summed E-state index contributed by atoms with van der Waals surface area (Å²) >= 11 is 0. The SMILES string of the molecule is CN(C)c1nc(N)c(N=O)c(O)n1. The molecule has 0 saturated heterocycles. The zero-order chi connectivity index (χ0) is 10.0. The molecule has 0 amide bonds. The predicted molar refractivity (Wildman–Crippen MR) is 47.9 cm³/mol. The van der Waals surface area contributed by atoms with Gasteiger partial charge in [-0.05, 0) is 5.18 Å². The average molecular weight is 183 g/mol. The standard InChI is InChI=1S/C6H9N5O2/c1-11(2)6-8-4(7)3(10-13)5(12)9-6/h1-2H3,(H3,7,8,9,12). The molecule has 1 aromatic heterocycles. The monoisotopic (exact) mass is 183 g/mol. The molecule has 0 fully saturated rings. The van der Waals surface area contributed by atoms with Crippen molar-refractivity contribution < 1.29 is 5.11 Å². The first-order valence-electron chi connectivity index (χ1n) is 3.43. The highest BCUT2D eigenvalue weighted by atomic mass is 16.3. The van der Waals surface area contributed by atoms with Crippen LogP contribution in [0.2, 0.25) is 0 Å². The molecule has 0 spiro atoms. The smallest absolute Gasteiger partial charge is 0.248 e. The third-order valence-corrected chi connectivity index (χ3v) is 1.37. The Balaban J connectivity index is 3.28. The fourth-order valence-electron chi connectivity index (χ4n) is 0.735. The molecule has 0 unspecified atom stereocenters. The summed E-state index contributed by atoms with van der Waals surface area (Å²) in [7, 11) is 3.37. The van der Waals surface area contributed by atoms with Crippen molar-refractivity contribution in [2.45, 2.75) is 0 Å². The number of nitrogens with two attached hydrogens (primary N) is 1. The van der Waals surface area contributed by atoms with Crippen LogP contribution in [0.1, 0.15) is 0 Å². The van der Waals surface area contributed by atoms with E-state index in [1.807, 2.05) is 0 Å². The van der Waals surface area contributed by atoms with Gasteiger partial charge >= 0.3 is 0 Å². The lowest BCUT2D eigenvalue weighted by Crippen LogP contribution is -2.13. The fourth-order valence-corrected chi connectivity index (χ4v) is 0.735. The van der Waals surface area contributed by atoms with Crippen LogP contribution in [0.4, 0.5) is 17.5 Å². The minimum atomic E-state index is -0.508. The maximum atomic E-state index is 10.1. The quantitative estimate of drug-likeness (QED) is 0.636. The third-order valence-electron chi connectivity index (χ3n) is 1.37. The fraction of sp³-hybridized carbons (Fsp3) is 0.333. The molecule has 0 saturated carbocycles. The van der Waals surface area contributed by atoms with E-state index in [0.717, 1.165) is 0 Å². The largest absolute Gasteiger partial charge is 0.491 e. The van der Waals surface area contributed by atoms with Crippen LogP contribution in [0.3, 0.4) is 0 Å². The second kappa shape index (κ2) is 3.21. The van der Waals surface area contributed by atoms with Crippen molar-refractivity contribution in [3.8, 4) is 5.88 Å². The third kappa shape index (κ3) is 1.63. The topological polar surface area (TPSA) is 105 Å².